The first-order chi connectivity index (χ1) is 9.29. The molecule has 1 aromatic heterocycles. The number of anilines is 1. The molecule has 102 valence electrons. The van der Waals surface area contributed by atoms with Gasteiger partial charge < -0.3 is 5.32 Å². The first kappa shape index (κ1) is 14.3. The van der Waals surface area contributed by atoms with E-state index >= 15 is 0 Å². The zero-order chi connectivity index (χ0) is 13.5. The van der Waals surface area contributed by atoms with Crippen molar-refractivity contribution in [2.45, 2.75) is 31.8 Å². The van der Waals surface area contributed by atoms with Crippen LogP contribution < -0.4 is 5.32 Å². The second-order valence-electron chi connectivity index (χ2n) is 4.35. The van der Waals surface area contributed by atoms with E-state index in [4.69, 9.17) is 0 Å². The molecule has 1 heterocycles. The van der Waals surface area contributed by atoms with E-state index in [0.29, 0.717) is 0 Å². The summed E-state index contributed by atoms with van der Waals surface area (Å²) in [5.41, 5.74) is 2.76. The van der Waals surface area contributed by atoms with E-state index in [1.807, 2.05) is 11.8 Å². The molecule has 0 spiro atoms. The van der Waals surface area contributed by atoms with Crippen molar-refractivity contribution in [1.82, 2.24) is 10.2 Å². The maximum atomic E-state index is 4.21. The first-order valence-corrected chi connectivity index (χ1v) is 8.45. The standard InChI is InChI=1S/C14H19N3S2/c1-3-8-15-14-17-16-13(19-14)10-18-9-12-7-5-4-6-11(12)2/h4-7H,3,8-10H2,1-2H3,(H,15,17). The third-order valence-corrected chi connectivity index (χ3v) is 4.79. The molecule has 0 aliphatic carbocycles. The second kappa shape index (κ2) is 7.50. The van der Waals surface area contributed by atoms with Crippen molar-refractivity contribution >= 4 is 28.2 Å². The third kappa shape index (κ3) is 4.51. The molecular formula is C14H19N3S2. The normalized spacial score (nSPS) is 10.6. The molecule has 2 rings (SSSR count). The second-order valence-corrected chi connectivity index (χ2v) is 6.39. The van der Waals surface area contributed by atoms with Crippen LogP contribution in [0.1, 0.15) is 29.5 Å². The summed E-state index contributed by atoms with van der Waals surface area (Å²) in [6.07, 6.45) is 1.11. The van der Waals surface area contributed by atoms with Crippen LogP contribution in [-0.4, -0.2) is 16.7 Å². The summed E-state index contributed by atoms with van der Waals surface area (Å²) < 4.78 is 0. The number of benzene rings is 1. The van der Waals surface area contributed by atoms with Gasteiger partial charge in [-0.25, -0.2) is 0 Å². The minimum Gasteiger partial charge on any atom is -0.360 e. The third-order valence-electron chi connectivity index (χ3n) is 2.74. The average Bonchev–Trinajstić information content (AvgIpc) is 2.86. The number of thioether (sulfide) groups is 1. The van der Waals surface area contributed by atoms with Crippen molar-refractivity contribution in [2.75, 3.05) is 11.9 Å². The zero-order valence-corrected chi connectivity index (χ0v) is 13.0. The van der Waals surface area contributed by atoms with Gasteiger partial charge in [-0.05, 0) is 24.5 Å². The largest absolute Gasteiger partial charge is 0.360 e. The van der Waals surface area contributed by atoms with E-state index < -0.39 is 0 Å². The van der Waals surface area contributed by atoms with Crippen LogP contribution in [0.3, 0.4) is 0 Å². The molecule has 0 unspecified atom stereocenters. The predicted octanol–water partition coefficient (Wildman–Crippen LogP) is 4.10. The Hall–Kier alpha value is -1.07. The van der Waals surface area contributed by atoms with Crippen LogP contribution in [-0.2, 0) is 11.5 Å². The summed E-state index contributed by atoms with van der Waals surface area (Å²) in [4.78, 5) is 0. The Morgan fingerprint density at radius 2 is 2.05 bits per heavy atom. The molecule has 0 bridgehead atoms. The molecule has 1 N–H and O–H groups in total. The van der Waals surface area contributed by atoms with E-state index in [9.17, 15) is 0 Å². The highest BCUT2D eigenvalue weighted by atomic mass is 32.2. The van der Waals surface area contributed by atoms with Crippen LogP contribution in [0, 0.1) is 6.92 Å². The first-order valence-electron chi connectivity index (χ1n) is 6.48. The topological polar surface area (TPSA) is 37.8 Å². The summed E-state index contributed by atoms with van der Waals surface area (Å²) in [6.45, 7) is 5.27. The van der Waals surface area contributed by atoms with Crippen LogP contribution in [0.25, 0.3) is 0 Å². The maximum absolute atomic E-state index is 4.21. The molecule has 0 amide bonds. The minimum absolute atomic E-state index is 0.930. The van der Waals surface area contributed by atoms with Crippen molar-refractivity contribution in [3.05, 3.63) is 40.4 Å². The van der Waals surface area contributed by atoms with Gasteiger partial charge in [0.05, 0.1) is 0 Å². The number of nitrogens with one attached hydrogen (secondary N) is 1. The Kier molecular flexibility index (Phi) is 5.66. The SMILES string of the molecule is CCCNc1nnc(CSCc2ccccc2C)s1. The van der Waals surface area contributed by atoms with Crippen LogP contribution in [0.15, 0.2) is 24.3 Å². The van der Waals surface area contributed by atoms with Gasteiger partial charge in [0, 0.05) is 18.1 Å². The Morgan fingerprint density at radius 3 is 2.84 bits per heavy atom. The minimum atomic E-state index is 0.930. The van der Waals surface area contributed by atoms with Crippen LogP contribution in [0.4, 0.5) is 5.13 Å². The van der Waals surface area contributed by atoms with E-state index in [2.05, 4.69) is 53.6 Å². The molecule has 0 fully saturated rings. The Morgan fingerprint density at radius 1 is 1.21 bits per heavy atom. The highest BCUT2D eigenvalue weighted by molar-refractivity contribution is 7.97. The fraction of sp³-hybridized carbons (Fsp3) is 0.429. The van der Waals surface area contributed by atoms with Crippen LogP contribution in [0.5, 0.6) is 0 Å². The van der Waals surface area contributed by atoms with E-state index in [1.54, 1.807) is 11.3 Å². The Balaban J connectivity index is 1.79. The quantitative estimate of drug-likeness (QED) is 0.834. The molecule has 5 heteroatoms. The van der Waals surface area contributed by atoms with Crippen molar-refractivity contribution in [2.24, 2.45) is 0 Å². The van der Waals surface area contributed by atoms with Crippen molar-refractivity contribution < 1.29 is 0 Å². The van der Waals surface area contributed by atoms with E-state index in [1.165, 1.54) is 11.1 Å². The van der Waals surface area contributed by atoms with E-state index in [0.717, 1.165) is 34.6 Å². The summed E-state index contributed by atoms with van der Waals surface area (Å²) in [7, 11) is 0. The lowest BCUT2D eigenvalue weighted by molar-refractivity contribution is 0.958. The molecule has 0 radical (unpaired) electrons. The van der Waals surface area contributed by atoms with Gasteiger partial charge in [0.2, 0.25) is 5.13 Å². The predicted molar refractivity (Wildman–Crippen MR) is 84.9 cm³/mol. The number of aromatic nitrogens is 2. The van der Waals surface area contributed by atoms with Gasteiger partial charge in [-0.3, -0.25) is 0 Å². The lowest BCUT2D eigenvalue weighted by Crippen LogP contribution is -1.98. The smallest absolute Gasteiger partial charge is 0.205 e. The summed E-state index contributed by atoms with van der Waals surface area (Å²) in [5, 5.41) is 13.6. The van der Waals surface area contributed by atoms with Crippen molar-refractivity contribution in [3.8, 4) is 0 Å². The number of hydrogen-bond donors (Lipinski definition) is 1. The molecule has 0 aliphatic rings. The molecule has 0 saturated heterocycles. The zero-order valence-electron chi connectivity index (χ0n) is 11.3. The maximum Gasteiger partial charge on any atom is 0.205 e. The Labute approximate surface area is 122 Å². The highest BCUT2D eigenvalue weighted by Gasteiger charge is 2.04. The van der Waals surface area contributed by atoms with Crippen molar-refractivity contribution in [1.29, 1.82) is 0 Å². The fourth-order valence-corrected chi connectivity index (χ4v) is 3.56. The Bertz CT molecular complexity index is 511. The fourth-order valence-electron chi connectivity index (χ4n) is 1.64. The van der Waals surface area contributed by atoms with Gasteiger partial charge in [-0.2, -0.15) is 0 Å². The summed E-state index contributed by atoms with van der Waals surface area (Å²) >= 11 is 3.55. The van der Waals surface area contributed by atoms with Crippen LogP contribution in [0.2, 0.25) is 0 Å². The van der Waals surface area contributed by atoms with E-state index in [-0.39, 0.29) is 0 Å². The number of aryl methyl sites for hydroxylation is 1. The molecule has 0 atom stereocenters. The average molecular weight is 293 g/mol. The molecule has 1 aromatic carbocycles. The summed E-state index contributed by atoms with van der Waals surface area (Å²) in [5.74, 6) is 1.96. The highest BCUT2D eigenvalue weighted by Crippen LogP contribution is 2.23. The molecule has 3 nitrogen and oxygen atoms in total. The molecule has 0 aliphatic heterocycles. The number of hydrogen-bond acceptors (Lipinski definition) is 5. The van der Waals surface area contributed by atoms with Crippen molar-refractivity contribution in [3.63, 3.8) is 0 Å². The van der Waals surface area contributed by atoms with Gasteiger partial charge in [0.25, 0.3) is 0 Å². The van der Waals surface area contributed by atoms with Gasteiger partial charge >= 0.3 is 0 Å². The van der Waals surface area contributed by atoms with Crippen LogP contribution >= 0.6 is 23.1 Å². The summed E-state index contributed by atoms with van der Waals surface area (Å²) in [6, 6.07) is 8.53. The number of rotatable bonds is 7. The lowest BCUT2D eigenvalue weighted by Gasteiger charge is -2.03. The van der Waals surface area contributed by atoms with Gasteiger partial charge in [-0.1, -0.05) is 42.5 Å². The van der Waals surface area contributed by atoms with Gasteiger partial charge in [0.1, 0.15) is 5.01 Å². The molecule has 19 heavy (non-hydrogen) atoms. The molecule has 0 saturated carbocycles. The molecular weight excluding hydrogens is 274 g/mol. The lowest BCUT2D eigenvalue weighted by atomic mass is 10.1. The monoisotopic (exact) mass is 293 g/mol. The number of nitrogens with zero attached hydrogens (tertiary/aromatic N) is 2. The molecule has 2 aromatic rings. The van der Waals surface area contributed by atoms with Gasteiger partial charge in [0.15, 0.2) is 0 Å². The van der Waals surface area contributed by atoms with Gasteiger partial charge in [-0.15, -0.1) is 22.0 Å².